The highest BCUT2D eigenvalue weighted by Crippen LogP contribution is 2.56. The maximum absolute atomic E-state index is 11.5. The first-order valence-corrected chi connectivity index (χ1v) is 9.36. The molecule has 0 spiro atoms. The first kappa shape index (κ1) is 17.6. The van der Waals surface area contributed by atoms with E-state index < -0.39 is 6.29 Å². The van der Waals surface area contributed by atoms with E-state index in [2.05, 4.69) is 34.6 Å². The monoisotopic (exact) mass is 332 g/mol. The molecule has 0 bridgehead atoms. The minimum absolute atomic E-state index is 0.0243. The largest absolute Gasteiger partial charge is 0.462 e. The average molecular weight is 332 g/mol. The maximum atomic E-state index is 11.5. The summed E-state index contributed by atoms with van der Waals surface area (Å²) in [6.45, 7) is 13.2. The van der Waals surface area contributed by atoms with Gasteiger partial charge in [-0.2, -0.15) is 0 Å². The van der Waals surface area contributed by atoms with Gasteiger partial charge in [0.05, 0.1) is 12.2 Å². The number of carbonyl (C=O) groups is 1. The van der Waals surface area contributed by atoms with Crippen LogP contribution in [0.2, 0.25) is 0 Å². The van der Waals surface area contributed by atoms with Crippen molar-refractivity contribution >= 4 is 5.97 Å². The third kappa shape index (κ3) is 2.80. The average Bonchev–Trinajstić information content (AvgIpc) is 3.01. The van der Waals surface area contributed by atoms with Crippen LogP contribution in [0.3, 0.4) is 0 Å². The van der Waals surface area contributed by atoms with Crippen molar-refractivity contribution < 1.29 is 14.3 Å². The summed E-state index contributed by atoms with van der Waals surface area (Å²) in [6, 6.07) is 0. The van der Waals surface area contributed by atoms with Crippen LogP contribution in [0.4, 0.5) is 0 Å². The van der Waals surface area contributed by atoms with Crippen LogP contribution in [0.15, 0.2) is 23.0 Å². The molecule has 2 fully saturated rings. The van der Waals surface area contributed by atoms with Crippen molar-refractivity contribution in [2.45, 2.75) is 79.9 Å². The molecule has 0 saturated heterocycles. The van der Waals surface area contributed by atoms with Gasteiger partial charge in [0.1, 0.15) is 0 Å². The van der Waals surface area contributed by atoms with Crippen LogP contribution >= 0.6 is 0 Å². The van der Waals surface area contributed by atoms with Gasteiger partial charge in [-0.25, -0.2) is 0 Å². The van der Waals surface area contributed by atoms with Crippen molar-refractivity contribution in [1.29, 1.82) is 0 Å². The van der Waals surface area contributed by atoms with Gasteiger partial charge in [-0.15, -0.1) is 0 Å². The Hall–Kier alpha value is -1.25. The molecule has 0 aromatic carbocycles. The summed E-state index contributed by atoms with van der Waals surface area (Å²) in [5.74, 6) is 0.423. The summed E-state index contributed by atoms with van der Waals surface area (Å²) >= 11 is 0. The van der Waals surface area contributed by atoms with Crippen LogP contribution in [0, 0.1) is 22.7 Å². The van der Waals surface area contributed by atoms with Crippen LogP contribution in [-0.2, 0) is 14.3 Å². The van der Waals surface area contributed by atoms with Crippen molar-refractivity contribution in [2.24, 2.45) is 22.7 Å². The van der Waals surface area contributed by atoms with Crippen molar-refractivity contribution in [3.63, 3.8) is 0 Å². The highest BCUT2D eigenvalue weighted by Gasteiger charge is 2.52. The Labute approximate surface area is 146 Å². The van der Waals surface area contributed by atoms with E-state index >= 15 is 0 Å². The lowest BCUT2D eigenvalue weighted by molar-refractivity contribution is -0.177. The highest BCUT2D eigenvalue weighted by molar-refractivity contribution is 5.66. The second-order valence-corrected chi connectivity index (χ2v) is 9.10. The van der Waals surface area contributed by atoms with Crippen LogP contribution in [0.5, 0.6) is 0 Å². The first-order valence-electron chi connectivity index (χ1n) is 9.36. The predicted molar refractivity (Wildman–Crippen MR) is 95.0 cm³/mol. The van der Waals surface area contributed by atoms with Gasteiger partial charge in [0.25, 0.3) is 0 Å². The maximum Gasteiger partial charge on any atom is 0.305 e. The summed E-state index contributed by atoms with van der Waals surface area (Å²) < 4.78 is 11.2. The molecule has 2 aliphatic carbocycles. The molecule has 3 rings (SSSR count). The van der Waals surface area contributed by atoms with Crippen molar-refractivity contribution in [3.8, 4) is 0 Å². The zero-order valence-electron chi connectivity index (χ0n) is 16.1. The molecule has 2 saturated carbocycles. The number of carbonyl (C=O) groups excluding carboxylic acids is 1. The highest BCUT2D eigenvalue weighted by atomic mass is 16.7. The third-order valence-corrected chi connectivity index (χ3v) is 6.77. The summed E-state index contributed by atoms with van der Waals surface area (Å²) in [5, 5.41) is 0. The van der Waals surface area contributed by atoms with E-state index in [9.17, 15) is 4.79 Å². The molecule has 0 radical (unpaired) electrons. The summed E-state index contributed by atoms with van der Waals surface area (Å²) in [5.41, 5.74) is 4.91. The molecule has 0 aromatic heterocycles. The van der Waals surface area contributed by atoms with Gasteiger partial charge in [-0.1, -0.05) is 38.8 Å². The Morgan fingerprint density at radius 3 is 2.50 bits per heavy atom. The molecular formula is C21H32O3. The van der Waals surface area contributed by atoms with Gasteiger partial charge in [0, 0.05) is 6.92 Å². The second-order valence-electron chi connectivity index (χ2n) is 9.10. The van der Waals surface area contributed by atoms with E-state index in [4.69, 9.17) is 9.47 Å². The van der Waals surface area contributed by atoms with E-state index in [-0.39, 0.29) is 17.3 Å². The predicted octanol–water partition coefficient (Wildman–Crippen LogP) is 5.37. The quantitative estimate of drug-likeness (QED) is 0.504. The zero-order chi connectivity index (χ0) is 17.7. The van der Waals surface area contributed by atoms with E-state index in [0.717, 1.165) is 12.8 Å². The Balaban J connectivity index is 1.93. The molecule has 24 heavy (non-hydrogen) atoms. The molecule has 3 heteroatoms. The Morgan fingerprint density at radius 2 is 1.92 bits per heavy atom. The molecule has 1 aliphatic heterocycles. The van der Waals surface area contributed by atoms with E-state index in [1.54, 1.807) is 11.1 Å². The molecule has 3 nitrogen and oxygen atoms in total. The van der Waals surface area contributed by atoms with Crippen molar-refractivity contribution in [3.05, 3.63) is 23.0 Å². The van der Waals surface area contributed by atoms with Crippen LogP contribution < -0.4 is 0 Å². The molecule has 0 N–H and O–H groups in total. The van der Waals surface area contributed by atoms with Crippen LogP contribution in [-0.4, -0.2) is 12.3 Å². The lowest BCUT2D eigenvalue weighted by Crippen LogP contribution is -2.44. The number of hydrogen-bond acceptors (Lipinski definition) is 3. The van der Waals surface area contributed by atoms with E-state index in [1.165, 1.54) is 31.8 Å². The fraction of sp³-hybridized carbons (Fsp3) is 0.762. The lowest BCUT2D eigenvalue weighted by atomic mass is 9.58. The van der Waals surface area contributed by atoms with Gasteiger partial charge >= 0.3 is 5.97 Å². The van der Waals surface area contributed by atoms with Gasteiger partial charge in [-0.05, 0) is 61.3 Å². The fourth-order valence-electron chi connectivity index (χ4n) is 5.60. The number of rotatable bonds is 2. The zero-order valence-corrected chi connectivity index (χ0v) is 16.1. The van der Waals surface area contributed by atoms with Crippen molar-refractivity contribution in [2.75, 3.05) is 0 Å². The fourth-order valence-corrected chi connectivity index (χ4v) is 5.60. The van der Waals surface area contributed by atoms with Gasteiger partial charge in [0.2, 0.25) is 6.29 Å². The second kappa shape index (κ2) is 5.93. The van der Waals surface area contributed by atoms with E-state index in [0.29, 0.717) is 11.3 Å². The molecule has 1 heterocycles. The number of ether oxygens (including phenoxy) is 2. The molecule has 134 valence electrons. The van der Waals surface area contributed by atoms with Gasteiger partial charge in [0.15, 0.2) is 0 Å². The molecule has 0 unspecified atom stereocenters. The Bertz CT molecular complexity index is 594. The minimum atomic E-state index is -0.454. The standard InChI is InChI=1S/C21H32O3/c1-13(16-8-7-11-20(16,3)4)17-10-9-15-12-23-19(24-14(2)22)18(15)21(17,5)6/h12,17-19H,7-11H2,1-6H3/b16-13+/t17-,18+,19-/m1/s1. The van der Waals surface area contributed by atoms with Crippen LogP contribution in [0.25, 0.3) is 0 Å². The van der Waals surface area contributed by atoms with Crippen LogP contribution in [0.1, 0.15) is 73.6 Å². The first-order chi connectivity index (χ1) is 11.1. The van der Waals surface area contributed by atoms with Gasteiger partial charge < -0.3 is 9.47 Å². The Kier molecular flexibility index (Phi) is 4.34. The van der Waals surface area contributed by atoms with Gasteiger partial charge in [-0.3, -0.25) is 4.79 Å². The summed E-state index contributed by atoms with van der Waals surface area (Å²) in [4.78, 5) is 11.5. The number of allylic oxidation sites excluding steroid dienone is 2. The topological polar surface area (TPSA) is 35.5 Å². The normalized spacial score (nSPS) is 35.8. The summed E-state index contributed by atoms with van der Waals surface area (Å²) in [7, 11) is 0. The van der Waals surface area contributed by atoms with Crippen molar-refractivity contribution in [1.82, 2.24) is 0 Å². The SMILES string of the molecule is CC(=O)O[C@H]1OC=C2CC[C@H](/C(C)=C3\CCCC3(C)C)C(C)(C)[C@@H]21. The molecule has 3 aliphatic rings. The molecule has 0 aromatic rings. The number of fused-ring (bicyclic) bond motifs is 1. The summed E-state index contributed by atoms with van der Waals surface area (Å²) in [6.07, 6.45) is 7.44. The molecule has 0 amide bonds. The third-order valence-electron chi connectivity index (χ3n) is 6.77. The smallest absolute Gasteiger partial charge is 0.305 e. The minimum Gasteiger partial charge on any atom is -0.462 e. The van der Waals surface area contributed by atoms with E-state index in [1.807, 2.05) is 6.26 Å². The lowest BCUT2D eigenvalue weighted by Gasteiger charge is -2.47. The molecular weight excluding hydrogens is 300 g/mol. The molecule has 3 atom stereocenters. The number of hydrogen-bond donors (Lipinski definition) is 0. The number of esters is 1. The Morgan fingerprint density at radius 1 is 1.21 bits per heavy atom.